The van der Waals surface area contributed by atoms with E-state index in [1.807, 2.05) is 41.3 Å². The number of carbonyl (C=O) groups is 2. The summed E-state index contributed by atoms with van der Waals surface area (Å²) in [5, 5.41) is 0. The van der Waals surface area contributed by atoms with Crippen LogP contribution in [-0.4, -0.2) is 62.1 Å². The van der Waals surface area contributed by atoms with Gasteiger partial charge >= 0.3 is 0 Å². The first-order valence-corrected chi connectivity index (χ1v) is 12.0. The Bertz CT molecular complexity index is 1180. The molecule has 1 atom stereocenters. The van der Waals surface area contributed by atoms with Crippen LogP contribution in [0, 0.1) is 0 Å². The van der Waals surface area contributed by atoms with Crippen molar-refractivity contribution in [3.8, 4) is 17.2 Å². The summed E-state index contributed by atoms with van der Waals surface area (Å²) in [4.78, 5) is 30.2. The van der Waals surface area contributed by atoms with Gasteiger partial charge in [0.1, 0.15) is 12.3 Å². The van der Waals surface area contributed by atoms with Gasteiger partial charge in [0.2, 0.25) is 5.91 Å². The summed E-state index contributed by atoms with van der Waals surface area (Å²) in [6, 6.07) is 22.8. The standard InChI is InChI=1S/C29H32N2O5/c1-34-25-14-11-23(12-15-25)29(33)30-19-24(13-9-21-7-5-4-6-8-21)31(28(32)20-30)18-22-10-16-26(35-2)27(17-22)36-3/h4-8,10-12,14-17,24H,9,13,18-20H2,1-3H3/t24-/m0/s1. The average Bonchev–Trinajstić information content (AvgIpc) is 2.93. The zero-order chi connectivity index (χ0) is 25.5. The van der Waals surface area contributed by atoms with Gasteiger partial charge in [-0.25, -0.2) is 0 Å². The van der Waals surface area contributed by atoms with Crippen molar-refractivity contribution < 1.29 is 23.8 Å². The van der Waals surface area contributed by atoms with Gasteiger partial charge in [-0.2, -0.15) is 0 Å². The van der Waals surface area contributed by atoms with E-state index >= 15 is 0 Å². The summed E-state index contributed by atoms with van der Waals surface area (Å²) in [5.41, 5.74) is 2.69. The van der Waals surface area contributed by atoms with Crippen LogP contribution in [0.15, 0.2) is 72.8 Å². The molecule has 1 aliphatic heterocycles. The minimum atomic E-state index is -0.151. The topological polar surface area (TPSA) is 68.3 Å². The highest BCUT2D eigenvalue weighted by Crippen LogP contribution is 2.29. The molecule has 1 saturated heterocycles. The Balaban J connectivity index is 1.55. The molecule has 0 aromatic heterocycles. The number of hydrogen-bond acceptors (Lipinski definition) is 5. The molecule has 3 aromatic rings. The molecule has 0 aliphatic carbocycles. The third-order valence-electron chi connectivity index (χ3n) is 6.55. The Morgan fingerprint density at radius 1 is 0.861 bits per heavy atom. The second kappa shape index (κ2) is 11.6. The Morgan fingerprint density at radius 2 is 1.58 bits per heavy atom. The summed E-state index contributed by atoms with van der Waals surface area (Å²) in [6.45, 7) is 0.944. The zero-order valence-corrected chi connectivity index (χ0v) is 21.0. The predicted molar refractivity (Wildman–Crippen MR) is 138 cm³/mol. The van der Waals surface area contributed by atoms with Crippen LogP contribution < -0.4 is 14.2 Å². The lowest BCUT2D eigenvalue weighted by atomic mass is 10.00. The fourth-order valence-corrected chi connectivity index (χ4v) is 4.56. The van der Waals surface area contributed by atoms with Crippen LogP contribution in [0.2, 0.25) is 0 Å². The van der Waals surface area contributed by atoms with Gasteiger partial charge in [0, 0.05) is 18.7 Å². The number of carbonyl (C=O) groups excluding carboxylic acids is 2. The van der Waals surface area contributed by atoms with Gasteiger partial charge in [0.15, 0.2) is 11.5 Å². The van der Waals surface area contributed by atoms with Crippen LogP contribution in [0.5, 0.6) is 17.2 Å². The highest BCUT2D eigenvalue weighted by Gasteiger charge is 2.35. The first-order chi connectivity index (χ1) is 17.5. The maximum Gasteiger partial charge on any atom is 0.254 e. The van der Waals surface area contributed by atoms with Crippen molar-refractivity contribution in [2.24, 2.45) is 0 Å². The number of nitrogens with zero attached hydrogens (tertiary/aromatic N) is 2. The van der Waals surface area contributed by atoms with Gasteiger partial charge in [0.25, 0.3) is 5.91 Å². The molecule has 3 aromatic carbocycles. The zero-order valence-electron chi connectivity index (χ0n) is 21.0. The number of piperazine rings is 1. The molecular formula is C29H32N2O5. The fraction of sp³-hybridized carbons (Fsp3) is 0.310. The lowest BCUT2D eigenvalue weighted by Gasteiger charge is -2.41. The quantitative estimate of drug-likeness (QED) is 0.452. The molecule has 2 amide bonds. The summed E-state index contributed by atoms with van der Waals surface area (Å²) in [6.07, 6.45) is 1.56. The molecule has 36 heavy (non-hydrogen) atoms. The highest BCUT2D eigenvalue weighted by molar-refractivity contribution is 5.97. The number of methoxy groups -OCH3 is 3. The van der Waals surface area contributed by atoms with E-state index in [9.17, 15) is 9.59 Å². The maximum atomic E-state index is 13.4. The Morgan fingerprint density at radius 3 is 2.25 bits per heavy atom. The highest BCUT2D eigenvalue weighted by atomic mass is 16.5. The van der Waals surface area contributed by atoms with Gasteiger partial charge in [-0.1, -0.05) is 36.4 Å². The lowest BCUT2D eigenvalue weighted by molar-refractivity contribution is -0.139. The van der Waals surface area contributed by atoms with Crippen LogP contribution in [0.3, 0.4) is 0 Å². The fourth-order valence-electron chi connectivity index (χ4n) is 4.56. The van der Waals surface area contributed by atoms with Crippen molar-refractivity contribution in [3.63, 3.8) is 0 Å². The van der Waals surface area contributed by atoms with Crippen molar-refractivity contribution in [1.29, 1.82) is 0 Å². The van der Waals surface area contributed by atoms with Crippen molar-refractivity contribution in [3.05, 3.63) is 89.5 Å². The van der Waals surface area contributed by atoms with Crippen molar-refractivity contribution in [2.45, 2.75) is 25.4 Å². The van der Waals surface area contributed by atoms with E-state index in [-0.39, 0.29) is 24.4 Å². The number of aryl methyl sites for hydroxylation is 1. The SMILES string of the molecule is COc1ccc(C(=O)N2CC(=O)N(Cc3ccc(OC)c(OC)c3)[C@@H](CCc3ccccc3)C2)cc1. The molecule has 188 valence electrons. The number of hydrogen-bond donors (Lipinski definition) is 0. The first-order valence-electron chi connectivity index (χ1n) is 12.0. The summed E-state index contributed by atoms with van der Waals surface area (Å²) in [7, 11) is 4.78. The average molecular weight is 489 g/mol. The van der Waals surface area contributed by atoms with Gasteiger partial charge in [-0.15, -0.1) is 0 Å². The van der Waals surface area contributed by atoms with Crippen LogP contribution in [0.25, 0.3) is 0 Å². The summed E-state index contributed by atoms with van der Waals surface area (Å²) in [5.74, 6) is 1.72. The number of rotatable bonds is 9. The van der Waals surface area contributed by atoms with Gasteiger partial charge in [0.05, 0.1) is 27.4 Å². The summed E-state index contributed by atoms with van der Waals surface area (Å²) >= 11 is 0. The van der Waals surface area contributed by atoms with Crippen LogP contribution >= 0.6 is 0 Å². The van der Waals surface area contributed by atoms with Gasteiger partial charge in [-0.05, 0) is 60.4 Å². The van der Waals surface area contributed by atoms with E-state index in [4.69, 9.17) is 14.2 Å². The van der Waals surface area contributed by atoms with Crippen molar-refractivity contribution >= 4 is 11.8 Å². The van der Waals surface area contributed by atoms with Crippen LogP contribution in [0.4, 0.5) is 0 Å². The maximum absolute atomic E-state index is 13.4. The minimum absolute atomic E-state index is 0.0417. The third-order valence-corrected chi connectivity index (χ3v) is 6.55. The van der Waals surface area contributed by atoms with E-state index in [0.717, 1.165) is 18.4 Å². The molecule has 1 fully saturated rings. The molecule has 0 N–H and O–H groups in total. The molecule has 0 saturated carbocycles. The van der Waals surface area contributed by atoms with Gasteiger partial charge < -0.3 is 24.0 Å². The second-order valence-corrected chi connectivity index (χ2v) is 8.80. The predicted octanol–water partition coefficient (Wildman–Crippen LogP) is 4.20. The monoisotopic (exact) mass is 488 g/mol. The van der Waals surface area contributed by atoms with E-state index in [0.29, 0.717) is 35.9 Å². The number of amides is 2. The molecule has 7 heteroatoms. The number of benzene rings is 3. The van der Waals surface area contributed by atoms with Crippen molar-refractivity contribution in [2.75, 3.05) is 34.4 Å². The normalized spacial score (nSPS) is 15.5. The lowest BCUT2D eigenvalue weighted by Crippen LogP contribution is -2.57. The molecule has 1 heterocycles. The van der Waals surface area contributed by atoms with E-state index < -0.39 is 0 Å². The van der Waals surface area contributed by atoms with Crippen molar-refractivity contribution in [1.82, 2.24) is 9.80 Å². The molecule has 0 unspecified atom stereocenters. The Labute approximate surface area is 212 Å². The van der Waals surface area contributed by atoms with E-state index in [1.54, 1.807) is 50.5 Å². The second-order valence-electron chi connectivity index (χ2n) is 8.80. The van der Waals surface area contributed by atoms with Crippen LogP contribution in [0.1, 0.15) is 27.9 Å². The molecule has 0 spiro atoms. The molecule has 7 nitrogen and oxygen atoms in total. The molecule has 4 rings (SSSR count). The minimum Gasteiger partial charge on any atom is -0.497 e. The van der Waals surface area contributed by atoms with Crippen LogP contribution in [-0.2, 0) is 17.8 Å². The summed E-state index contributed by atoms with van der Waals surface area (Å²) < 4.78 is 16.0. The molecular weight excluding hydrogens is 456 g/mol. The molecule has 1 aliphatic rings. The largest absolute Gasteiger partial charge is 0.497 e. The van der Waals surface area contributed by atoms with Gasteiger partial charge in [-0.3, -0.25) is 9.59 Å². The Hall–Kier alpha value is -4.00. The van der Waals surface area contributed by atoms with E-state index in [1.165, 1.54) is 5.56 Å². The first kappa shape index (κ1) is 25.1. The third kappa shape index (κ3) is 5.79. The number of ether oxygens (including phenoxy) is 3. The molecule has 0 radical (unpaired) electrons. The smallest absolute Gasteiger partial charge is 0.254 e. The van der Waals surface area contributed by atoms with E-state index in [2.05, 4.69) is 12.1 Å². The molecule has 0 bridgehead atoms. The Kier molecular flexibility index (Phi) is 8.10.